The quantitative estimate of drug-likeness (QED) is 0.162. The molecule has 10 aromatic rings. The lowest BCUT2D eigenvalue weighted by Gasteiger charge is -2.27. The molecule has 0 amide bonds. The van der Waals surface area contributed by atoms with Crippen LogP contribution in [0.3, 0.4) is 0 Å². The number of benzene rings is 9. The Morgan fingerprint density at radius 3 is 0.956 bits per heavy atom. The summed E-state index contributed by atoms with van der Waals surface area (Å²) >= 11 is 0. The maximum atomic E-state index is 5.40. The number of fused-ring (bicyclic) bond motifs is 4. The van der Waals surface area contributed by atoms with Crippen molar-refractivity contribution in [3.8, 4) is 56.4 Å². The molecule has 9 aromatic carbocycles. The Morgan fingerprint density at radius 1 is 0.265 bits per heavy atom. The first-order chi connectivity index (χ1) is 32.2. The molecule has 0 aliphatic carbocycles. The molecule has 0 unspecified atom stereocenters. The number of hydrogen-bond donors (Lipinski definition) is 0. The van der Waals surface area contributed by atoms with Gasteiger partial charge in [0.25, 0.3) is 0 Å². The highest BCUT2D eigenvalue weighted by Gasteiger charge is 2.26. The van der Waals surface area contributed by atoms with Crippen LogP contribution in [0.5, 0.6) is 0 Å². The zero-order chi connectivity index (χ0) is 47.9. The Kier molecular flexibility index (Phi) is 10.8. The molecule has 0 aliphatic heterocycles. The number of nitrogens with zero attached hydrogens (tertiary/aromatic N) is 3. The molecule has 0 aliphatic rings. The number of hydrogen-bond acceptors (Lipinski definition) is 3. The van der Waals surface area contributed by atoms with Crippen LogP contribution in [0.15, 0.2) is 164 Å². The summed E-state index contributed by atoms with van der Waals surface area (Å²) in [6, 6.07) is 60.9. The van der Waals surface area contributed by atoms with Crippen LogP contribution in [-0.2, 0) is 21.7 Å². The molecule has 0 fully saturated rings. The number of aromatic nitrogens is 3. The molecule has 0 bridgehead atoms. The minimum absolute atomic E-state index is 0.0176. The highest BCUT2D eigenvalue weighted by atomic mass is 15.0. The zero-order valence-electron chi connectivity index (χ0n) is 41.9. The van der Waals surface area contributed by atoms with Gasteiger partial charge in [-0.05, 0) is 134 Å². The minimum Gasteiger partial charge on any atom is -0.208 e. The molecule has 0 saturated carbocycles. The third-order valence-corrected chi connectivity index (χ3v) is 13.9. The van der Waals surface area contributed by atoms with Crippen molar-refractivity contribution in [2.45, 2.75) is 105 Å². The Bertz CT molecular complexity index is 3360. The first-order valence-electron chi connectivity index (χ1n) is 24.3. The first kappa shape index (κ1) is 44.8. The van der Waals surface area contributed by atoms with Gasteiger partial charge >= 0.3 is 0 Å². The minimum atomic E-state index is -0.0502. The lowest BCUT2D eigenvalue weighted by molar-refractivity contribution is 0.569. The summed E-state index contributed by atoms with van der Waals surface area (Å²) in [6.45, 7) is 27.5. The van der Waals surface area contributed by atoms with Crippen LogP contribution in [0.2, 0.25) is 0 Å². The van der Waals surface area contributed by atoms with Crippen LogP contribution in [0.25, 0.3) is 99.5 Å². The topological polar surface area (TPSA) is 38.7 Å². The lowest BCUT2D eigenvalue weighted by Crippen LogP contribution is -2.16. The average molecular weight is 886 g/mol. The summed E-state index contributed by atoms with van der Waals surface area (Å²) in [4.78, 5) is 16.0. The maximum absolute atomic E-state index is 5.40. The zero-order valence-corrected chi connectivity index (χ0v) is 41.9. The molecule has 0 atom stereocenters. The SMILES string of the molecule is CC(C)(C)c1ccc(-c2nc(-c3ccc(C(C)(C)C)cc3)nc(-c3ccccc3-c3c4cc5ccccc5cc4c(-c4cc(C(C)(C)C)cc(C(C)(C)C)c4)c4cc5ccccc5cc34)n2)cc1. The highest BCUT2D eigenvalue weighted by molar-refractivity contribution is 6.26. The molecule has 338 valence electrons. The first-order valence-corrected chi connectivity index (χ1v) is 24.3. The van der Waals surface area contributed by atoms with Gasteiger partial charge in [-0.1, -0.05) is 223 Å². The van der Waals surface area contributed by atoms with E-state index in [1.807, 2.05) is 0 Å². The Hall–Kier alpha value is -6.97. The maximum Gasteiger partial charge on any atom is 0.164 e. The van der Waals surface area contributed by atoms with Crippen LogP contribution in [0.1, 0.15) is 105 Å². The molecule has 0 N–H and O–H groups in total. The molecule has 0 spiro atoms. The van der Waals surface area contributed by atoms with Crippen LogP contribution >= 0.6 is 0 Å². The smallest absolute Gasteiger partial charge is 0.164 e. The molecule has 10 rings (SSSR count). The van der Waals surface area contributed by atoms with Gasteiger partial charge in [-0.2, -0.15) is 0 Å². The summed E-state index contributed by atoms with van der Waals surface area (Å²) < 4.78 is 0. The van der Waals surface area contributed by atoms with Crippen molar-refractivity contribution in [2.24, 2.45) is 0 Å². The third-order valence-electron chi connectivity index (χ3n) is 13.9. The molecule has 68 heavy (non-hydrogen) atoms. The van der Waals surface area contributed by atoms with E-state index < -0.39 is 0 Å². The fraction of sp³-hybridized carbons (Fsp3) is 0.246. The average Bonchev–Trinajstić information content (AvgIpc) is 3.30. The van der Waals surface area contributed by atoms with Gasteiger partial charge in [0.05, 0.1) is 0 Å². The molecular weight excluding hydrogens is 823 g/mol. The van der Waals surface area contributed by atoms with Gasteiger partial charge in [-0.15, -0.1) is 0 Å². The molecule has 1 heterocycles. The van der Waals surface area contributed by atoms with Crippen LogP contribution in [0, 0.1) is 0 Å². The Morgan fingerprint density at radius 2 is 0.588 bits per heavy atom. The van der Waals surface area contributed by atoms with E-state index in [4.69, 9.17) is 15.0 Å². The monoisotopic (exact) mass is 886 g/mol. The molecule has 3 nitrogen and oxygen atoms in total. The molecule has 0 radical (unpaired) electrons. The predicted octanol–water partition coefficient (Wildman–Crippen LogP) is 18.0. The van der Waals surface area contributed by atoms with Crippen molar-refractivity contribution < 1.29 is 0 Å². The van der Waals surface area contributed by atoms with E-state index in [-0.39, 0.29) is 21.7 Å². The Labute approximate surface area is 403 Å². The summed E-state index contributed by atoms with van der Waals surface area (Å²) in [7, 11) is 0. The van der Waals surface area contributed by atoms with Crippen molar-refractivity contribution >= 4 is 43.1 Å². The highest BCUT2D eigenvalue weighted by Crippen LogP contribution is 2.49. The summed E-state index contributed by atoms with van der Waals surface area (Å²) in [5.74, 6) is 1.94. The second kappa shape index (κ2) is 16.4. The van der Waals surface area contributed by atoms with Gasteiger partial charge in [0, 0.05) is 16.7 Å². The Balaban J connectivity index is 1.31. The van der Waals surface area contributed by atoms with E-state index in [2.05, 4.69) is 247 Å². The third kappa shape index (κ3) is 8.38. The van der Waals surface area contributed by atoms with Crippen molar-refractivity contribution in [3.63, 3.8) is 0 Å². The van der Waals surface area contributed by atoms with Crippen molar-refractivity contribution in [1.29, 1.82) is 0 Å². The van der Waals surface area contributed by atoms with E-state index in [0.29, 0.717) is 17.5 Å². The van der Waals surface area contributed by atoms with E-state index >= 15 is 0 Å². The molecule has 1 aromatic heterocycles. The molecule has 0 saturated heterocycles. The van der Waals surface area contributed by atoms with Gasteiger partial charge < -0.3 is 0 Å². The normalized spacial score (nSPS) is 12.7. The fourth-order valence-electron chi connectivity index (χ4n) is 9.73. The van der Waals surface area contributed by atoms with E-state index in [1.54, 1.807) is 0 Å². The van der Waals surface area contributed by atoms with Crippen molar-refractivity contribution in [1.82, 2.24) is 15.0 Å². The van der Waals surface area contributed by atoms with Crippen molar-refractivity contribution in [2.75, 3.05) is 0 Å². The van der Waals surface area contributed by atoms with Crippen molar-refractivity contribution in [3.05, 3.63) is 186 Å². The van der Waals surface area contributed by atoms with E-state index in [1.165, 1.54) is 82.0 Å². The van der Waals surface area contributed by atoms with Gasteiger partial charge in [0.15, 0.2) is 17.5 Å². The predicted molar refractivity (Wildman–Crippen MR) is 292 cm³/mol. The summed E-state index contributed by atoms with van der Waals surface area (Å²) in [5, 5.41) is 9.65. The molecule has 3 heteroatoms. The van der Waals surface area contributed by atoms with E-state index in [9.17, 15) is 0 Å². The summed E-state index contributed by atoms with van der Waals surface area (Å²) in [6.07, 6.45) is 0. The lowest BCUT2D eigenvalue weighted by atomic mass is 9.77. The van der Waals surface area contributed by atoms with Gasteiger partial charge in [-0.3, -0.25) is 0 Å². The second-order valence-electron chi connectivity index (χ2n) is 23.0. The van der Waals surface area contributed by atoms with E-state index in [0.717, 1.165) is 22.3 Å². The largest absolute Gasteiger partial charge is 0.208 e. The van der Waals surface area contributed by atoms with Gasteiger partial charge in [0.2, 0.25) is 0 Å². The standard InChI is InChI=1S/C65H63N3/c1-62(2,3)47-29-25-40(26-30-47)59-66-60(41-27-31-48(32-28-41)63(4,5)6)68-61(67-59)52-24-18-17-23-51(52)58-55-37-44-21-15-13-19-42(44)35-53(55)57(54-36-43-20-14-16-22-45(43)38-56(54)58)46-33-49(64(7,8)9)39-50(34-46)65(10,11)12/h13-39H,1-12H3. The second-order valence-corrected chi connectivity index (χ2v) is 23.0. The molecular formula is C65H63N3. The number of rotatable bonds is 5. The van der Waals surface area contributed by atoms with Gasteiger partial charge in [0.1, 0.15) is 0 Å². The summed E-state index contributed by atoms with van der Waals surface area (Å²) in [5.41, 5.74) is 12.7. The fourth-order valence-corrected chi connectivity index (χ4v) is 9.73. The van der Waals surface area contributed by atoms with Crippen LogP contribution in [0.4, 0.5) is 0 Å². The van der Waals surface area contributed by atoms with Crippen LogP contribution in [-0.4, -0.2) is 15.0 Å². The van der Waals surface area contributed by atoms with Crippen LogP contribution < -0.4 is 0 Å². The van der Waals surface area contributed by atoms with Gasteiger partial charge in [-0.25, -0.2) is 15.0 Å².